The summed E-state index contributed by atoms with van der Waals surface area (Å²) in [5, 5.41) is 10.4. The third-order valence-corrected chi connectivity index (χ3v) is 5.06. The lowest BCUT2D eigenvalue weighted by molar-refractivity contribution is -0.118. The quantitative estimate of drug-likeness (QED) is 0.609. The molecular formula is C21H26N4O2. The predicted molar refractivity (Wildman–Crippen MR) is 105 cm³/mol. The van der Waals surface area contributed by atoms with Crippen LogP contribution in [0.4, 0.5) is 0 Å². The van der Waals surface area contributed by atoms with Crippen molar-refractivity contribution in [2.75, 3.05) is 6.54 Å². The Kier molecular flexibility index (Phi) is 6.06. The normalized spacial score (nSPS) is 16.1. The van der Waals surface area contributed by atoms with E-state index < -0.39 is 5.54 Å². The third kappa shape index (κ3) is 4.84. The van der Waals surface area contributed by atoms with Crippen LogP contribution in [0.2, 0.25) is 0 Å². The average molecular weight is 366 g/mol. The SMILES string of the molecule is C=CC(=O)NC1(CNC(=O)c2ccn(-c3ccccc3)n2)CCCCCC1. The van der Waals surface area contributed by atoms with E-state index in [2.05, 4.69) is 22.3 Å². The summed E-state index contributed by atoms with van der Waals surface area (Å²) >= 11 is 0. The number of carbonyl (C=O) groups excluding carboxylic acids is 2. The first kappa shape index (κ1) is 18.9. The third-order valence-electron chi connectivity index (χ3n) is 5.06. The number of rotatable bonds is 6. The molecule has 1 aromatic heterocycles. The minimum Gasteiger partial charge on any atom is -0.348 e. The van der Waals surface area contributed by atoms with E-state index in [0.717, 1.165) is 44.2 Å². The second kappa shape index (κ2) is 8.66. The van der Waals surface area contributed by atoms with Crippen molar-refractivity contribution >= 4 is 11.8 Å². The maximum absolute atomic E-state index is 12.6. The van der Waals surface area contributed by atoms with Crippen molar-refractivity contribution in [3.05, 3.63) is 60.9 Å². The van der Waals surface area contributed by atoms with Crippen molar-refractivity contribution in [3.8, 4) is 5.69 Å². The fourth-order valence-corrected chi connectivity index (χ4v) is 3.57. The Labute approximate surface area is 159 Å². The molecule has 1 heterocycles. The van der Waals surface area contributed by atoms with Crippen molar-refractivity contribution in [2.24, 2.45) is 0 Å². The van der Waals surface area contributed by atoms with Crippen molar-refractivity contribution in [1.29, 1.82) is 0 Å². The van der Waals surface area contributed by atoms with E-state index in [1.54, 1.807) is 16.9 Å². The highest BCUT2D eigenvalue weighted by Crippen LogP contribution is 2.27. The summed E-state index contributed by atoms with van der Waals surface area (Å²) in [6.45, 7) is 3.94. The highest BCUT2D eigenvalue weighted by molar-refractivity contribution is 5.92. The van der Waals surface area contributed by atoms with E-state index in [4.69, 9.17) is 0 Å². The molecular weight excluding hydrogens is 340 g/mol. The molecule has 6 heteroatoms. The number of benzene rings is 1. The van der Waals surface area contributed by atoms with Crippen LogP contribution in [-0.2, 0) is 4.79 Å². The van der Waals surface area contributed by atoms with Crippen LogP contribution in [0.25, 0.3) is 5.69 Å². The molecule has 142 valence electrons. The number of carbonyl (C=O) groups is 2. The summed E-state index contributed by atoms with van der Waals surface area (Å²) in [7, 11) is 0. The first-order valence-electron chi connectivity index (χ1n) is 9.46. The number of hydrogen-bond donors (Lipinski definition) is 2. The van der Waals surface area contributed by atoms with E-state index in [0.29, 0.717) is 12.2 Å². The van der Waals surface area contributed by atoms with Gasteiger partial charge in [-0.05, 0) is 37.1 Å². The van der Waals surface area contributed by atoms with Crippen LogP contribution in [0.5, 0.6) is 0 Å². The van der Waals surface area contributed by atoms with E-state index in [1.807, 2.05) is 30.3 Å². The van der Waals surface area contributed by atoms with Gasteiger partial charge in [0.25, 0.3) is 5.91 Å². The minimum absolute atomic E-state index is 0.195. The maximum atomic E-state index is 12.6. The average Bonchev–Trinajstić information content (AvgIpc) is 3.09. The molecule has 1 aliphatic carbocycles. The van der Waals surface area contributed by atoms with Crippen LogP contribution in [0, 0.1) is 0 Å². The van der Waals surface area contributed by atoms with E-state index in [1.165, 1.54) is 6.08 Å². The summed E-state index contributed by atoms with van der Waals surface area (Å²) in [6, 6.07) is 11.3. The van der Waals surface area contributed by atoms with Gasteiger partial charge >= 0.3 is 0 Å². The Morgan fingerprint density at radius 2 is 1.81 bits per heavy atom. The van der Waals surface area contributed by atoms with Crippen LogP contribution in [0.1, 0.15) is 49.0 Å². The Morgan fingerprint density at radius 3 is 2.48 bits per heavy atom. The van der Waals surface area contributed by atoms with Crippen molar-refractivity contribution in [3.63, 3.8) is 0 Å². The molecule has 2 N–H and O–H groups in total. The fourth-order valence-electron chi connectivity index (χ4n) is 3.57. The zero-order chi connectivity index (χ0) is 19.1. The van der Waals surface area contributed by atoms with Gasteiger partial charge in [0.2, 0.25) is 5.91 Å². The predicted octanol–water partition coefficient (Wildman–Crippen LogP) is 3.00. The van der Waals surface area contributed by atoms with E-state index in [9.17, 15) is 9.59 Å². The summed E-state index contributed by atoms with van der Waals surface area (Å²) < 4.78 is 1.68. The van der Waals surface area contributed by atoms with Gasteiger partial charge in [-0.25, -0.2) is 4.68 Å². The highest BCUT2D eigenvalue weighted by Gasteiger charge is 2.32. The fraction of sp³-hybridized carbons (Fsp3) is 0.381. The number of nitrogens with zero attached hydrogens (tertiary/aromatic N) is 2. The van der Waals surface area contributed by atoms with Crippen LogP contribution >= 0.6 is 0 Å². The zero-order valence-electron chi connectivity index (χ0n) is 15.5. The second-order valence-corrected chi connectivity index (χ2v) is 7.05. The van der Waals surface area contributed by atoms with Crippen LogP contribution in [0.15, 0.2) is 55.3 Å². The van der Waals surface area contributed by atoms with Gasteiger partial charge in [-0.2, -0.15) is 5.10 Å². The highest BCUT2D eigenvalue weighted by atomic mass is 16.2. The van der Waals surface area contributed by atoms with Gasteiger partial charge in [-0.15, -0.1) is 0 Å². The topological polar surface area (TPSA) is 76.0 Å². The van der Waals surface area contributed by atoms with Gasteiger partial charge in [-0.3, -0.25) is 9.59 Å². The summed E-state index contributed by atoms with van der Waals surface area (Å²) in [6.07, 6.45) is 9.14. The molecule has 0 atom stereocenters. The molecule has 0 radical (unpaired) electrons. The number of hydrogen-bond acceptors (Lipinski definition) is 3. The monoisotopic (exact) mass is 366 g/mol. The maximum Gasteiger partial charge on any atom is 0.271 e. The first-order valence-corrected chi connectivity index (χ1v) is 9.46. The molecule has 1 aromatic carbocycles. The first-order chi connectivity index (χ1) is 13.1. The summed E-state index contributed by atoms with van der Waals surface area (Å²) in [5.74, 6) is -0.430. The lowest BCUT2D eigenvalue weighted by Gasteiger charge is -2.33. The Balaban J connectivity index is 1.68. The van der Waals surface area contributed by atoms with Gasteiger partial charge in [0.05, 0.1) is 11.2 Å². The van der Waals surface area contributed by atoms with Crippen molar-refractivity contribution in [1.82, 2.24) is 20.4 Å². The molecule has 1 fully saturated rings. The van der Waals surface area contributed by atoms with Gasteiger partial charge in [0.1, 0.15) is 0 Å². The van der Waals surface area contributed by atoms with Crippen molar-refractivity contribution < 1.29 is 9.59 Å². The van der Waals surface area contributed by atoms with Gasteiger partial charge in [0.15, 0.2) is 5.69 Å². The van der Waals surface area contributed by atoms with Crippen LogP contribution in [-0.4, -0.2) is 33.7 Å². The Hall–Kier alpha value is -2.89. The molecule has 0 spiro atoms. The zero-order valence-corrected chi connectivity index (χ0v) is 15.5. The largest absolute Gasteiger partial charge is 0.348 e. The molecule has 3 rings (SSSR count). The van der Waals surface area contributed by atoms with Gasteiger partial charge in [-0.1, -0.05) is 50.5 Å². The van der Waals surface area contributed by atoms with Gasteiger partial charge < -0.3 is 10.6 Å². The minimum atomic E-state index is -0.417. The molecule has 0 aliphatic heterocycles. The molecule has 2 aromatic rings. The summed E-state index contributed by atoms with van der Waals surface area (Å²) in [5.41, 5.74) is 0.840. The van der Waals surface area contributed by atoms with Crippen LogP contribution < -0.4 is 10.6 Å². The Bertz CT molecular complexity index is 790. The smallest absolute Gasteiger partial charge is 0.271 e. The molecule has 0 unspecified atom stereocenters. The number of nitrogens with one attached hydrogen (secondary N) is 2. The molecule has 2 amide bonds. The summed E-state index contributed by atoms with van der Waals surface area (Å²) in [4.78, 5) is 24.5. The molecule has 6 nitrogen and oxygen atoms in total. The number of amides is 2. The molecule has 0 bridgehead atoms. The number of aromatic nitrogens is 2. The lowest BCUT2D eigenvalue weighted by atomic mass is 9.89. The Morgan fingerprint density at radius 1 is 1.11 bits per heavy atom. The van der Waals surface area contributed by atoms with E-state index >= 15 is 0 Å². The molecule has 27 heavy (non-hydrogen) atoms. The number of para-hydroxylation sites is 1. The molecule has 1 saturated carbocycles. The van der Waals surface area contributed by atoms with Gasteiger partial charge in [0, 0.05) is 12.7 Å². The molecule has 1 aliphatic rings. The standard InChI is InChI=1S/C21H26N4O2/c1-2-19(26)23-21(13-8-3-4-9-14-21)16-22-20(27)18-12-15-25(24-18)17-10-6-5-7-11-17/h2,5-7,10-12,15H,1,3-4,8-9,13-14,16H2,(H,22,27)(H,23,26). The lowest BCUT2D eigenvalue weighted by Crippen LogP contribution is -2.55. The van der Waals surface area contributed by atoms with Crippen LogP contribution in [0.3, 0.4) is 0 Å². The second-order valence-electron chi connectivity index (χ2n) is 7.05. The van der Waals surface area contributed by atoms with E-state index in [-0.39, 0.29) is 11.8 Å². The molecule has 0 saturated heterocycles. The van der Waals surface area contributed by atoms with Crippen molar-refractivity contribution in [2.45, 2.75) is 44.1 Å².